The Kier molecular flexibility index (Phi) is 7.11. The maximum atomic E-state index is 13.0. The summed E-state index contributed by atoms with van der Waals surface area (Å²) in [5.74, 6) is -2.89. The predicted molar refractivity (Wildman–Crippen MR) is 98.7 cm³/mol. The van der Waals surface area contributed by atoms with E-state index in [4.69, 9.17) is 4.74 Å². The molecule has 1 aliphatic heterocycles. The molecule has 1 aromatic rings. The molecule has 2 atom stereocenters. The van der Waals surface area contributed by atoms with Gasteiger partial charge >= 0.3 is 5.97 Å². The molecule has 0 radical (unpaired) electrons. The van der Waals surface area contributed by atoms with Gasteiger partial charge < -0.3 is 15.4 Å². The third kappa shape index (κ3) is 6.29. The summed E-state index contributed by atoms with van der Waals surface area (Å²) < 4.78 is 40.7. The predicted octanol–water partition coefficient (Wildman–Crippen LogP) is 0.427. The highest BCUT2D eigenvalue weighted by molar-refractivity contribution is 7.91. The van der Waals surface area contributed by atoms with Crippen LogP contribution in [0.25, 0.3) is 0 Å². The standard InChI is InChI=1S/C18H23FN2O6S/c1-11(2)16(21-17(23)12-3-5-13(19)6-4-12)18(24)27-9-15(22)20-14-7-8-28(25,26)10-14/h3-6,11,14,16H,7-10H2,1-2H3,(H,20,22)(H,21,23)/t14?,16-/m1/s1. The van der Waals surface area contributed by atoms with Crippen LogP contribution in [0.15, 0.2) is 24.3 Å². The molecule has 1 aliphatic rings. The van der Waals surface area contributed by atoms with E-state index >= 15 is 0 Å². The van der Waals surface area contributed by atoms with Crippen molar-refractivity contribution in [3.8, 4) is 0 Å². The summed E-state index contributed by atoms with van der Waals surface area (Å²) >= 11 is 0. The number of sulfone groups is 1. The van der Waals surface area contributed by atoms with Crippen molar-refractivity contribution in [2.24, 2.45) is 5.92 Å². The minimum Gasteiger partial charge on any atom is -0.454 e. The monoisotopic (exact) mass is 414 g/mol. The Morgan fingerprint density at radius 2 is 1.86 bits per heavy atom. The van der Waals surface area contributed by atoms with E-state index in [-0.39, 0.29) is 23.0 Å². The van der Waals surface area contributed by atoms with Crippen molar-refractivity contribution in [3.05, 3.63) is 35.6 Å². The second-order valence-corrected chi connectivity index (χ2v) is 9.21. The number of rotatable bonds is 7. The van der Waals surface area contributed by atoms with Crippen LogP contribution < -0.4 is 10.6 Å². The largest absolute Gasteiger partial charge is 0.454 e. The molecule has 0 spiro atoms. The normalized spacial score (nSPS) is 19.1. The number of amides is 2. The van der Waals surface area contributed by atoms with Gasteiger partial charge in [-0.1, -0.05) is 13.8 Å². The van der Waals surface area contributed by atoms with Gasteiger partial charge in [-0.3, -0.25) is 9.59 Å². The maximum Gasteiger partial charge on any atom is 0.329 e. The number of carbonyl (C=O) groups excluding carboxylic acids is 3. The second kappa shape index (κ2) is 9.13. The summed E-state index contributed by atoms with van der Waals surface area (Å²) in [6.07, 6.45) is 0.324. The first-order chi connectivity index (χ1) is 13.1. The van der Waals surface area contributed by atoms with E-state index in [0.717, 1.165) is 12.1 Å². The van der Waals surface area contributed by atoms with Crippen molar-refractivity contribution in [2.45, 2.75) is 32.4 Å². The fourth-order valence-electron chi connectivity index (χ4n) is 2.73. The molecule has 1 fully saturated rings. The van der Waals surface area contributed by atoms with Crippen LogP contribution in [0.5, 0.6) is 0 Å². The molecule has 2 rings (SSSR count). The molecule has 1 aromatic carbocycles. The molecule has 0 saturated carbocycles. The van der Waals surface area contributed by atoms with Gasteiger partial charge in [0.15, 0.2) is 16.4 Å². The minimum atomic E-state index is -3.13. The molecular formula is C18H23FN2O6S. The molecule has 0 bridgehead atoms. The number of esters is 1. The Balaban J connectivity index is 1.87. The SMILES string of the molecule is CC(C)[C@@H](NC(=O)c1ccc(F)cc1)C(=O)OCC(=O)NC1CCS(=O)(=O)C1. The molecule has 8 nitrogen and oxygen atoms in total. The summed E-state index contributed by atoms with van der Waals surface area (Å²) in [5.41, 5.74) is 0.181. The molecule has 0 aromatic heterocycles. The van der Waals surface area contributed by atoms with E-state index in [0.29, 0.717) is 6.42 Å². The summed E-state index contributed by atoms with van der Waals surface area (Å²) in [6.45, 7) is 2.81. The zero-order chi connectivity index (χ0) is 20.9. The average Bonchev–Trinajstić information content (AvgIpc) is 2.96. The number of halogens is 1. The number of carbonyl (C=O) groups is 3. The van der Waals surface area contributed by atoms with Crippen LogP contribution in [0, 0.1) is 11.7 Å². The Labute approximate surface area is 162 Å². The first-order valence-electron chi connectivity index (χ1n) is 8.80. The molecule has 0 aliphatic carbocycles. The van der Waals surface area contributed by atoms with Crippen molar-refractivity contribution in [1.29, 1.82) is 0 Å². The summed E-state index contributed by atoms with van der Waals surface area (Å²) in [4.78, 5) is 36.4. The number of benzene rings is 1. The summed E-state index contributed by atoms with van der Waals surface area (Å²) in [7, 11) is -3.13. The first-order valence-corrected chi connectivity index (χ1v) is 10.6. The van der Waals surface area contributed by atoms with E-state index in [2.05, 4.69) is 10.6 Å². The van der Waals surface area contributed by atoms with Crippen molar-refractivity contribution >= 4 is 27.6 Å². The molecule has 1 heterocycles. The summed E-state index contributed by atoms with van der Waals surface area (Å²) in [5, 5.41) is 5.02. The minimum absolute atomic E-state index is 0.0164. The highest BCUT2D eigenvalue weighted by Crippen LogP contribution is 2.11. The van der Waals surface area contributed by atoms with Gasteiger partial charge in [-0.05, 0) is 36.6 Å². The van der Waals surface area contributed by atoms with Gasteiger partial charge in [-0.25, -0.2) is 17.6 Å². The fraction of sp³-hybridized carbons (Fsp3) is 0.500. The van der Waals surface area contributed by atoms with Crippen LogP contribution in [0.4, 0.5) is 4.39 Å². The first kappa shape index (κ1) is 21.8. The molecule has 1 unspecified atom stereocenters. The van der Waals surface area contributed by atoms with Crippen molar-refractivity contribution in [2.75, 3.05) is 18.1 Å². The topological polar surface area (TPSA) is 119 Å². The molecule has 28 heavy (non-hydrogen) atoms. The van der Waals surface area contributed by atoms with E-state index in [9.17, 15) is 27.2 Å². The van der Waals surface area contributed by atoms with Crippen LogP contribution in [-0.2, 0) is 24.2 Å². The van der Waals surface area contributed by atoms with Crippen LogP contribution in [0.3, 0.4) is 0 Å². The zero-order valence-electron chi connectivity index (χ0n) is 15.6. The molecule has 10 heteroatoms. The van der Waals surface area contributed by atoms with Crippen molar-refractivity contribution in [1.82, 2.24) is 10.6 Å². The molecule has 2 N–H and O–H groups in total. The lowest BCUT2D eigenvalue weighted by Crippen LogP contribution is -2.46. The van der Waals surface area contributed by atoms with Crippen LogP contribution in [0.2, 0.25) is 0 Å². The molecule has 2 amide bonds. The Morgan fingerprint density at radius 1 is 1.21 bits per heavy atom. The van der Waals surface area contributed by atoms with Crippen molar-refractivity contribution < 1.29 is 31.9 Å². The second-order valence-electron chi connectivity index (χ2n) is 6.98. The highest BCUT2D eigenvalue weighted by Gasteiger charge is 2.30. The Morgan fingerprint density at radius 3 is 2.39 bits per heavy atom. The Hall–Kier alpha value is -2.49. The van der Waals surface area contributed by atoms with Gasteiger partial charge in [0, 0.05) is 11.6 Å². The van der Waals surface area contributed by atoms with E-state index in [1.807, 2.05) is 0 Å². The van der Waals surface area contributed by atoms with E-state index in [1.54, 1.807) is 13.8 Å². The van der Waals surface area contributed by atoms with Gasteiger partial charge in [0.2, 0.25) is 0 Å². The lowest BCUT2D eigenvalue weighted by molar-refractivity contribution is -0.151. The van der Waals surface area contributed by atoms with Crippen molar-refractivity contribution in [3.63, 3.8) is 0 Å². The van der Waals surface area contributed by atoms with Crippen LogP contribution in [-0.4, -0.2) is 56.4 Å². The lowest BCUT2D eigenvalue weighted by atomic mass is 10.0. The molecule has 154 valence electrons. The summed E-state index contributed by atoms with van der Waals surface area (Å²) in [6, 6.07) is 3.34. The van der Waals surface area contributed by atoms with Gasteiger partial charge in [0.25, 0.3) is 11.8 Å². The lowest BCUT2D eigenvalue weighted by Gasteiger charge is -2.21. The van der Waals surface area contributed by atoms with Gasteiger partial charge in [0.1, 0.15) is 11.9 Å². The number of hydrogen-bond donors (Lipinski definition) is 2. The van der Waals surface area contributed by atoms with Crippen LogP contribution in [0.1, 0.15) is 30.6 Å². The van der Waals surface area contributed by atoms with E-state index < -0.39 is 52.1 Å². The van der Waals surface area contributed by atoms with Crippen LogP contribution >= 0.6 is 0 Å². The zero-order valence-corrected chi connectivity index (χ0v) is 16.4. The maximum absolute atomic E-state index is 13.0. The average molecular weight is 414 g/mol. The smallest absolute Gasteiger partial charge is 0.329 e. The van der Waals surface area contributed by atoms with Gasteiger partial charge in [-0.2, -0.15) is 0 Å². The fourth-order valence-corrected chi connectivity index (χ4v) is 4.40. The third-order valence-electron chi connectivity index (χ3n) is 4.26. The number of hydrogen-bond acceptors (Lipinski definition) is 6. The highest BCUT2D eigenvalue weighted by atomic mass is 32.2. The number of nitrogens with one attached hydrogen (secondary N) is 2. The molecular weight excluding hydrogens is 391 g/mol. The van der Waals surface area contributed by atoms with E-state index in [1.165, 1.54) is 12.1 Å². The number of ether oxygens (including phenoxy) is 1. The molecule has 1 saturated heterocycles. The quantitative estimate of drug-likeness (QED) is 0.625. The van der Waals surface area contributed by atoms with Gasteiger partial charge in [-0.15, -0.1) is 0 Å². The third-order valence-corrected chi connectivity index (χ3v) is 6.02. The Bertz CT molecular complexity index is 838. The van der Waals surface area contributed by atoms with Gasteiger partial charge in [0.05, 0.1) is 11.5 Å².